The van der Waals surface area contributed by atoms with Gasteiger partial charge in [-0.15, -0.1) is 23.3 Å². The second-order valence-electron chi connectivity index (χ2n) is 14.3. The molecule has 60 heavy (non-hydrogen) atoms. The summed E-state index contributed by atoms with van der Waals surface area (Å²) < 4.78 is 2.16. The van der Waals surface area contributed by atoms with Crippen LogP contribution in [0.3, 0.4) is 0 Å². The summed E-state index contributed by atoms with van der Waals surface area (Å²) in [6.07, 6.45) is 15.6. The van der Waals surface area contributed by atoms with E-state index in [1.165, 1.54) is 60.3 Å². The van der Waals surface area contributed by atoms with Crippen LogP contribution in [0.25, 0.3) is 32.9 Å². The zero-order chi connectivity index (χ0) is 39.7. The molecule has 1 nitrogen and oxygen atoms in total. The van der Waals surface area contributed by atoms with Crippen molar-refractivity contribution in [3.05, 3.63) is 241 Å². The molecule has 0 N–H and O–H groups in total. The van der Waals surface area contributed by atoms with E-state index >= 15 is 0 Å². The Balaban J connectivity index is 0.000000157. The average molecular weight is 1170 g/mol. The van der Waals surface area contributed by atoms with Gasteiger partial charge in [-0.25, -0.2) is 0 Å². The monoisotopic (exact) mass is 1170 g/mol. The Morgan fingerprint density at radius 3 is 1.40 bits per heavy atom. The third-order valence-electron chi connectivity index (χ3n) is 10.9. The molecule has 1 aliphatic rings. The molecule has 5 heteroatoms. The Kier molecular flexibility index (Phi) is 16.0. The molecule has 0 unspecified atom stereocenters. The van der Waals surface area contributed by atoms with Crippen molar-refractivity contribution in [3.8, 4) is 23.0 Å². The van der Waals surface area contributed by atoms with Crippen LogP contribution in [-0.2, 0) is 58.2 Å². The molecule has 9 aromatic rings. The number of nitrogens with zero attached hydrogens (tertiary/aromatic N) is 1. The van der Waals surface area contributed by atoms with Crippen molar-refractivity contribution in [3.63, 3.8) is 0 Å². The van der Waals surface area contributed by atoms with Crippen molar-refractivity contribution in [1.29, 1.82) is 0 Å². The first kappa shape index (κ1) is 44.6. The Morgan fingerprint density at radius 2 is 0.867 bits per heavy atom. The number of benzene rings is 8. The van der Waals surface area contributed by atoms with Gasteiger partial charge < -0.3 is 17.4 Å². The summed E-state index contributed by atoms with van der Waals surface area (Å²) in [7, 11) is 0.359. The molecule has 0 amide bonds. The maximum atomic E-state index is 7.35. The molecule has 0 spiro atoms. The third kappa shape index (κ3) is 9.80. The SMILES string of the molecule is [Au+].[Au+].[C-]#Cc1cccc2c1-c1ccccc1C2.[C-]#Cc1cccc2c1c1ccccc1n2C.c1ccc([PH+](C[PH+](c2ccccc2)c2ccccc2)c2ccccc2)cc1. The Labute approximate surface area is 388 Å². The normalized spacial score (nSPS) is 10.8. The number of aromatic nitrogens is 1. The molecular formula is C55H43Au2NP2+2. The minimum Gasteiger partial charge on any atom is -0.366 e. The van der Waals surface area contributed by atoms with Gasteiger partial charge in [-0.05, 0) is 83.6 Å². The van der Waals surface area contributed by atoms with E-state index in [0.29, 0.717) is 0 Å². The Morgan fingerprint density at radius 1 is 0.450 bits per heavy atom. The summed E-state index contributed by atoms with van der Waals surface area (Å²) in [6.45, 7) is 0. The van der Waals surface area contributed by atoms with Crippen molar-refractivity contribution in [2.24, 2.45) is 7.05 Å². The summed E-state index contributed by atoms with van der Waals surface area (Å²) in [6, 6.07) is 73.2. The number of fused-ring (bicyclic) bond motifs is 6. The average Bonchev–Trinajstić information content (AvgIpc) is 3.83. The topological polar surface area (TPSA) is 4.93 Å². The van der Waals surface area contributed by atoms with Crippen LogP contribution in [0.15, 0.2) is 206 Å². The van der Waals surface area contributed by atoms with Gasteiger partial charge in [-0.2, -0.15) is 0 Å². The van der Waals surface area contributed by atoms with E-state index in [1.54, 1.807) is 0 Å². The molecule has 8 aromatic carbocycles. The van der Waals surface area contributed by atoms with Crippen molar-refractivity contribution in [2.75, 3.05) is 5.90 Å². The number of rotatable bonds is 6. The molecule has 0 atom stereocenters. The van der Waals surface area contributed by atoms with Crippen LogP contribution in [-0.4, -0.2) is 10.5 Å². The molecule has 1 aromatic heterocycles. The predicted octanol–water partition coefficient (Wildman–Crippen LogP) is 11.1. The van der Waals surface area contributed by atoms with Crippen LogP contribution < -0.4 is 21.2 Å². The summed E-state index contributed by atoms with van der Waals surface area (Å²) in [5.41, 5.74) is 9.24. The first-order valence-corrected chi connectivity index (χ1v) is 23.0. The molecule has 1 heterocycles. The first-order chi connectivity index (χ1) is 28.6. The zero-order valence-electron chi connectivity index (χ0n) is 33.1. The fraction of sp³-hybridized carbons (Fsp3) is 0.0545. The summed E-state index contributed by atoms with van der Waals surface area (Å²) >= 11 is 0. The van der Waals surface area contributed by atoms with Gasteiger partial charge in [0.25, 0.3) is 0 Å². The number of hydrogen-bond acceptors (Lipinski definition) is 0. The molecule has 0 aliphatic heterocycles. The van der Waals surface area contributed by atoms with E-state index in [4.69, 9.17) is 12.8 Å². The fourth-order valence-corrected chi connectivity index (χ4v) is 15.8. The smallest absolute Gasteiger partial charge is 0.366 e. The maximum absolute atomic E-state index is 7.35. The van der Waals surface area contributed by atoms with Crippen molar-refractivity contribution < 1.29 is 44.8 Å². The minimum atomic E-state index is -0.847. The van der Waals surface area contributed by atoms with Crippen LogP contribution in [0.5, 0.6) is 0 Å². The van der Waals surface area contributed by atoms with E-state index in [1.807, 2.05) is 36.4 Å². The second kappa shape index (κ2) is 21.5. The van der Waals surface area contributed by atoms with Gasteiger partial charge in [0.05, 0.1) is 0 Å². The quantitative estimate of drug-likeness (QED) is 0.0677. The molecule has 10 rings (SSSR count). The minimum absolute atomic E-state index is 0. The van der Waals surface area contributed by atoms with Crippen LogP contribution in [0.1, 0.15) is 22.3 Å². The van der Waals surface area contributed by atoms with Gasteiger partial charge >= 0.3 is 44.8 Å². The van der Waals surface area contributed by atoms with Gasteiger partial charge in [0.2, 0.25) is 0 Å². The van der Waals surface area contributed by atoms with E-state index in [-0.39, 0.29) is 44.8 Å². The van der Waals surface area contributed by atoms with Gasteiger partial charge in [-0.3, -0.25) is 11.8 Å². The Hall–Kier alpha value is -4.98. The second-order valence-corrected chi connectivity index (χ2v) is 19.9. The molecular weight excluding hydrogens is 1130 g/mol. The zero-order valence-corrected chi connectivity index (χ0v) is 39.4. The molecule has 1 aliphatic carbocycles. The summed E-state index contributed by atoms with van der Waals surface area (Å²) in [4.78, 5) is 0. The molecule has 0 saturated carbocycles. The van der Waals surface area contributed by atoms with Crippen LogP contribution >= 0.6 is 15.8 Å². The summed E-state index contributed by atoms with van der Waals surface area (Å²) in [5.74, 6) is 6.28. The van der Waals surface area contributed by atoms with Gasteiger partial charge in [0.1, 0.15) is 37.1 Å². The van der Waals surface area contributed by atoms with E-state index in [2.05, 4.69) is 193 Å². The van der Waals surface area contributed by atoms with E-state index in [0.717, 1.165) is 28.5 Å². The summed E-state index contributed by atoms with van der Waals surface area (Å²) in [5, 5.41) is 8.32. The predicted molar refractivity (Wildman–Crippen MR) is 253 cm³/mol. The third-order valence-corrected chi connectivity index (χ3v) is 17.8. The van der Waals surface area contributed by atoms with Crippen LogP contribution in [0.2, 0.25) is 0 Å². The van der Waals surface area contributed by atoms with Crippen molar-refractivity contribution >= 4 is 58.9 Å². The Bertz CT molecular complexity index is 2720. The largest absolute Gasteiger partial charge is 1.00 e. The maximum Gasteiger partial charge on any atom is 1.00 e. The van der Waals surface area contributed by atoms with Crippen LogP contribution in [0, 0.1) is 24.7 Å². The number of para-hydroxylation sites is 1. The molecule has 0 radical (unpaired) electrons. The van der Waals surface area contributed by atoms with Crippen molar-refractivity contribution in [2.45, 2.75) is 6.42 Å². The van der Waals surface area contributed by atoms with Crippen LogP contribution in [0.4, 0.5) is 0 Å². The molecule has 0 bridgehead atoms. The fourth-order valence-electron chi connectivity index (χ4n) is 8.08. The van der Waals surface area contributed by atoms with Gasteiger partial charge in [0.15, 0.2) is 5.90 Å². The van der Waals surface area contributed by atoms with E-state index in [9.17, 15) is 0 Å². The van der Waals surface area contributed by atoms with Gasteiger partial charge in [-0.1, -0.05) is 150 Å². The number of hydrogen-bond donors (Lipinski definition) is 0. The molecule has 298 valence electrons. The standard InChI is InChI=1S/C25H22P2.C15H10N.C15H9.2Au/c1-5-13-22(14-6-1)26(23-15-7-2-8-16-23)21-27(24-17-9-3-10-18-24)25-19-11-4-12-20-25;1-3-11-7-6-10-14-15(11)12-8-4-5-9-13(12)16(14)2;1-2-11-7-5-8-13-10-12-6-3-4-9-14(12)15(11)13;;/h1-20H,21H2;4-10H,2H3;3-9H,10H2;;/q;2*-1;2*+1/p+2. The van der Waals surface area contributed by atoms with Gasteiger partial charge in [0, 0.05) is 18.1 Å². The molecule has 0 saturated heterocycles. The molecule has 0 fully saturated rings. The first-order valence-electron chi connectivity index (χ1n) is 19.6. The number of aryl methyl sites for hydroxylation is 1. The van der Waals surface area contributed by atoms with Crippen molar-refractivity contribution in [1.82, 2.24) is 4.57 Å². The van der Waals surface area contributed by atoms with E-state index < -0.39 is 15.8 Å².